The second-order valence-electron chi connectivity index (χ2n) is 5.18. The van der Waals surface area contributed by atoms with E-state index in [9.17, 15) is 17.2 Å². The number of benzene rings is 2. The topological polar surface area (TPSA) is 81.2 Å². The molecule has 0 aliphatic rings. The summed E-state index contributed by atoms with van der Waals surface area (Å²) in [6.45, 7) is -1.34. The molecule has 25 heavy (non-hydrogen) atoms. The van der Waals surface area contributed by atoms with Crippen LogP contribution in [0.4, 0.5) is 8.78 Å². The predicted octanol–water partition coefficient (Wildman–Crippen LogP) is 3.33. The molecule has 0 aliphatic heterocycles. The third kappa shape index (κ3) is 3.91. The molecule has 0 amide bonds. The van der Waals surface area contributed by atoms with Gasteiger partial charge in [0.15, 0.2) is 0 Å². The average Bonchev–Trinajstić information content (AvgIpc) is 3.02. The van der Waals surface area contributed by atoms with Crippen molar-refractivity contribution in [3.05, 3.63) is 48.0 Å². The summed E-state index contributed by atoms with van der Waals surface area (Å²) < 4.78 is 64.9. The predicted molar refractivity (Wildman–Crippen MR) is 89.2 cm³/mol. The number of aromatic nitrogens is 2. The van der Waals surface area contributed by atoms with E-state index in [4.69, 9.17) is 0 Å². The second-order valence-corrected chi connectivity index (χ2v) is 7.39. The molecule has 1 unspecified atom stereocenters. The first-order valence-corrected chi connectivity index (χ1v) is 9.36. The Hall–Kier alpha value is -2.17. The molecule has 0 radical (unpaired) electrons. The summed E-state index contributed by atoms with van der Waals surface area (Å²) >= 11 is 0.926. The molecule has 1 heterocycles. The van der Waals surface area contributed by atoms with Gasteiger partial charge in [-0.25, -0.2) is 13.1 Å². The van der Waals surface area contributed by atoms with Crippen molar-refractivity contribution < 1.29 is 21.9 Å². The van der Waals surface area contributed by atoms with Gasteiger partial charge in [-0.3, -0.25) is 0 Å². The molecule has 3 aromatic rings. The molecule has 132 valence electrons. The second kappa shape index (κ2) is 6.98. The number of nitrogens with zero attached hydrogens (tertiary/aromatic N) is 2. The van der Waals surface area contributed by atoms with Gasteiger partial charge in [0.25, 0.3) is 0 Å². The number of hydrogen-bond acceptors (Lipinski definition) is 6. The lowest BCUT2D eigenvalue weighted by Crippen LogP contribution is -2.27. The highest BCUT2D eigenvalue weighted by atomic mass is 32.2. The lowest BCUT2D eigenvalue weighted by molar-refractivity contribution is -0.0499. The molecule has 0 saturated heterocycles. The Balaban J connectivity index is 1.87. The van der Waals surface area contributed by atoms with Crippen LogP contribution in [-0.4, -0.2) is 23.8 Å². The normalized spacial score (nSPS) is 13.3. The van der Waals surface area contributed by atoms with Gasteiger partial charge in [0.2, 0.25) is 10.0 Å². The highest BCUT2D eigenvalue weighted by molar-refractivity contribution is 7.89. The zero-order valence-electron chi connectivity index (χ0n) is 12.9. The third-order valence-corrected chi connectivity index (χ3v) is 5.57. The molecule has 2 aromatic carbocycles. The molecule has 0 aliphatic carbocycles. The summed E-state index contributed by atoms with van der Waals surface area (Å²) in [7, 11) is -3.87. The molecule has 0 saturated carbocycles. The van der Waals surface area contributed by atoms with Crippen LogP contribution in [0.5, 0.6) is 5.75 Å². The fraction of sp³-hybridized carbons (Fsp3) is 0.200. The summed E-state index contributed by atoms with van der Waals surface area (Å²) in [5, 5.41) is 0. The Morgan fingerprint density at radius 2 is 1.92 bits per heavy atom. The van der Waals surface area contributed by atoms with Crippen LogP contribution in [0.15, 0.2) is 47.4 Å². The monoisotopic (exact) mass is 385 g/mol. The van der Waals surface area contributed by atoms with Gasteiger partial charge in [-0.1, -0.05) is 18.2 Å². The van der Waals surface area contributed by atoms with Crippen molar-refractivity contribution in [2.24, 2.45) is 0 Å². The van der Waals surface area contributed by atoms with Crippen LogP contribution in [0.1, 0.15) is 18.5 Å². The van der Waals surface area contributed by atoms with Crippen molar-refractivity contribution in [3.8, 4) is 5.75 Å². The van der Waals surface area contributed by atoms with E-state index in [0.717, 1.165) is 11.7 Å². The minimum absolute atomic E-state index is 0.0191. The first-order valence-electron chi connectivity index (χ1n) is 7.15. The van der Waals surface area contributed by atoms with E-state index in [0.29, 0.717) is 16.6 Å². The van der Waals surface area contributed by atoms with Crippen LogP contribution >= 0.6 is 11.7 Å². The van der Waals surface area contributed by atoms with Gasteiger partial charge in [0.05, 0.1) is 11.7 Å². The van der Waals surface area contributed by atoms with Gasteiger partial charge in [-0.15, -0.1) is 0 Å². The van der Waals surface area contributed by atoms with Crippen LogP contribution in [0.3, 0.4) is 0 Å². The van der Waals surface area contributed by atoms with E-state index in [1.807, 2.05) is 0 Å². The number of nitrogens with one attached hydrogen (secondary N) is 1. The Labute approximate surface area is 146 Å². The van der Waals surface area contributed by atoms with E-state index in [2.05, 4.69) is 18.2 Å². The molecule has 3 rings (SSSR count). The Morgan fingerprint density at radius 3 is 2.68 bits per heavy atom. The summed E-state index contributed by atoms with van der Waals surface area (Å²) in [5.41, 5.74) is 1.28. The number of ether oxygens (including phenoxy) is 1. The molecule has 0 fully saturated rings. The van der Waals surface area contributed by atoms with Crippen molar-refractivity contribution in [1.29, 1.82) is 0 Å². The molecule has 6 nitrogen and oxygen atoms in total. The van der Waals surface area contributed by atoms with Crippen LogP contribution in [-0.2, 0) is 10.0 Å². The van der Waals surface area contributed by atoms with Crippen molar-refractivity contribution in [3.63, 3.8) is 0 Å². The maximum Gasteiger partial charge on any atom is 0.387 e. The van der Waals surface area contributed by atoms with Gasteiger partial charge in [-0.05, 0) is 36.8 Å². The molecule has 1 atom stereocenters. The van der Waals surface area contributed by atoms with E-state index >= 15 is 0 Å². The largest absolute Gasteiger partial charge is 0.435 e. The average molecular weight is 385 g/mol. The van der Waals surface area contributed by atoms with Gasteiger partial charge in [-0.2, -0.15) is 17.5 Å². The van der Waals surface area contributed by atoms with Crippen LogP contribution in [0.25, 0.3) is 11.0 Å². The molecule has 1 N–H and O–H groups in total. The number of hydrogen-bond donors (Lipinski definition) is 1. The number of alkyl halides is 2. The van der Waals surface area contributed by atoms with Crippen LogP contribution < -0.4 is 9.46 Å². The van der Waals surface area contributed by atoms with Crippen molar-refractivity contribution in [2.45, 2.75) is 24.5 Å². The van der Waals surface area contributed by atoms with E-state index < -0.39 is 22.7 Å². The Kier molecular flexibility index (Phi) is 4.93. The molecule has 0 bridgehead atoms. The van der Waals surface area contributed by atoms with Crippen molar-refractivity contribution in [2.75, 3.05) is 0 Å². The molecular formula is C15H13F2N3O3S2. The number of rotatable bonds is 6. The maximum absolute atomic E-state index is 12.7. The smallest absolute Gasteiger partial charge is 0.387 e. The fourth-order valence-corrected chi connectivity index (χ4v) is 4.32. The molecular weight excluding hydrogens is 372 g/mol. The standard InChI is InChI=1S/C15H13F2N3O3S2/c1-9(10-4-2-5-11(8-10)23-15(16)17)20-25(21,22)13-7-3-6-12-14(13)19-24-18-12/h2-9,15,20H,1H3. The SMILES string of the molecule is CC(NS(=O)(=O)c1cccc2nsnc12)c1cccc(OC(F)F)c1. The van der Waals surface area contributed by atoms with Gasteiger partial charge < -0.3 is 4.74 Å². The zero-order chi connectivity index (χ0) is 18.0. The Morgan fingerprint density at radius 1 is 1.16 bits per heavy atom. The third-order valence-electron chi connectivity index (χ3n) is 3.45. The van der Waals surface area contributed by atoms with E-state index in [-0.39, 0.29) is 10.6 Å². The maximum atomic E-state index is 12.7. The van der Waals surface area contributed by atoms with E-state index in [1.54, 1.807) is 25.1 Å². The minimum Gasteiger partial charge on any atom is -0.435 e. The summed E-state index contributed by atoms with van der Waals surface area (Å²) in [6, 6.07) is 9.91. The minimum atomic E-state index is -3.87. The number of fused-ring (bicyclic) bond motifs is 1. The fourth-order valence-electron chi connectivity index (χ4n) is 2.32. The summed E-state index contributed by atoms with van der Waals surface area (Å²) in [5.74, 6) is -0.0376. The summed E-state index contributed by atoms with van der Waals surface area (Å²) in [4.78, 5) is 0.0191. The van der Waals surface area contributed by atoms with Crippen molar-refractivity contribution in [1.82, 2.24) is 13.5 Å². The van der Waals surface area contributed by atoms with Gasteiger partial charge >= 0.3 is 6.61 Å². The van der Waals surface area contributed by atoms with Gasteiger partial charge in [0.1, 0.15) is 21.7 Å². The molecule has 0 spiro atoms. The number of sulfonamides is 1. The highest BCUT2D eigenvalue weighted by Crippen LogP contribution is 2.25. The lowest BCUT2D eigenvalue weighted by atomic mass is 10.1. The van der Waals surface area contributed by atoms with Crippen molar-refractivity contribution >= 4 is 32.8 Å². The molecule has 10 heteroatoms. The van der Waals surface area contributed by atoms with Gasteiger partial charge in [0, 0.05) is 6.04 Å². The lowest BCUT2D eigenvalue weighted by Gasteiger charge is -2.16. The molecule has 1 aromatic heterocycles. The van der Waals surface area contributed by atoms with E-state index in [1.165, 1.54) is 24.3 Å². The quantitative estimate of drug-likeness (QED) is 0.704. The zero-order valence-corrected chi connectivity index (χ0v) is 14.5. The summed E-state index contributed by atoms with van der Waals surface area (Å²) in [6.07, 6.45) is 0. The first-order chi connectivity index (χ1) is 11.9. The van der Waals surface area contributed by atoms with Crippen LogP contribution in [0.2, 0.25) is 0 Å². The number of halogens is 2. The van der Waals surface area contributed by atoms with Crippen LogP contribution in [0, 0.1) is 0 Å². The highest BCUT2D eigenvalue weighted by Gasteiger charge is 2.22. The Bertz CT molecular complexity index is 992. The first kappa shape index (κ1) is 17.6.